The van der Waals surface area contributed by atoms with Crippen molar-refractivity contribution >= 4 is 33.4 Å². The molecule has 3 rings (SSSR count). The van der Waals surface area contributed by atoms with Crippen LogP contribution in [0, 0.1) is 13.8 Å². The summed E-state index contributed by atoms with van der Waals surface area (Å²) in [6.45, 7) is 3.76. The number of hydrogen-bond donors (Lipinski definition) is 2. The van der Waals surface area contributed by atoms with Gasteiger partial charge in [-0.05, 0) is 43.7 Å². The van der Waals surface area contributed by atoms with Crippen LogP contribution in [0.2, 0.25) is 0 Å². The minimum atomic E-state index is -3.59. The van der Waals surface area contributed by atoms with E-state index in [4.69, 9.17) is 9.66 Å². The second kappa shape index (κ2) is 8.81. The van der Waals surface area contributed by atoms with Crippen LogP contribution in [0.3, 0.4) is 0 Å². The Kier molecular flexibility index (Phi) is 6.41. The normalized spacial score (nSPS) is 11.4. The van der Waals surface area contributed by atoms with Crippen LogP contribution in [0.25, 0.3) is 0 Å². The van der Waals surface area contributed by atoms with Gasteiger partial charge in [-0.2, -0.15) is 0 Å². The molecule has 29 heavy (non-hydrogen) atoms. The predicted octanol–water partition coefficient (Wildman–Crippen LogP) is 3.62. The Balaban J connectivity index is 1.71. The third kappa shape index (κ3) is 5.69. The smallest absolute Gasteiger partial charge is 0.256 e. The lowest BCUT2D eigenvalue weighted by atomic mass is 10.2. The summed E-state index contributed by atoms with van der Waals surface area (Å²) in [5, 5.41) is 11.9. The summed E-state index contributed by atoms with van der Waals surface area (Å²) < 4.78 is 27.5. The molecular formula is C20H21N3O4S2. The molecule has 9 heteroatoms. The number of primary sulfonamides is 1. The molecule has 3 N–H and O–H groups in total. The highest BCUT2D eigenvalue weighted by Crippen LogP contribution is 2.29. The maximum atomic E-state index is 12.8. The third-order valence-electron chi connectivity index (χ3n) is 4.26. The number of nitrogens with zero attached hydrogens (tertiary/aromatic N) is 1. The molecule has 0 spiro atoms. The van der Waals surface area contributed by atoms with E-state index < -0.39 is 10.0 Å². The summed E-state index contributed by atoms with van der Waals surface area (Å²) in [6, 6.07) is 13.9. The number of thioether (sulfide) groups is 1. The third-order valence-corrected chi connectivity index (χ3v) is 6.10. The van der Waals surface area contributed by atoms with Gasteiger partial charge in [0, 0.05) is 21.9 Å². The molecule has 2 aromatic carbocycles. The second-order valence-corrected chi connectivity index (χ2v) is 9.18. The lowest BCUT2D eigenvalue weighted by Crippen LogP contribution is -2.15. The molecule has 1 heterocycles. The standard InChI is InChI=1S/C20H21N3O4S2/c1-13-18(14(2)27-23-13)11-28-19-6-4-3-5-17(19)20(24)22-16-9-7-15(8-10-16)12-29(21,25)26/h3-10H,11-12H2,1-2H3,(H,22,24)(H2,21,25,26). The molecule has 0 bridgehead atoms. The lowest BCUT2D eigenvalue weighted by molar-refractivity contribution is 0.102. The molecule has 0 atom stereocenters. The van der Waals surface area contributed by atoms with Gasteiger partial charge in [0.15, 0.2) is 0 Å². The highest BCUT2D eigenvalue weighted by Gasteiger charge is 2.15. The monoisotopic (exact) mass is 431 g/mol. The number of rotatable bonds is 7. The van der Waals surface area contributed by atoms with E-state index in [0.717, 1.165) is 21.9 Å². The van der Waals surface area contributed by atoms with E-state index >= 15 is 0 Å². The first-order valence-electron chi connectivity index (χ1n) is 8.77. The molecular weight excluding hydrogens is 410 g/mol. The van der Waals surface area contributed by atoms with E-state index in [0.29, 0.717) is 22.6 Å². The second-order valence-electron chi connectivity index (χ2n) is 6.55. The fraction of sp³-hybridized carbons (Fsp3) is 0.200. The summed E-state index contributed by atoms with van der Waals surface area (Å²) in [5.74, 6) is 0.929. The van der Waals surface area contributed by atoms with E-state index in [2.05, 4.69) is 10.5 Å². The minimum Gasteiger partial charge on any atom is -0.361 e. The van der Waals surface area contributed by atoms with E-state index in [9.17, 15) is 13.2 Å². The van der Waals surface area contributed by atoms with Crippen LogP contribution in [-0.4, -0.2) is 19.5 Å². The molecule has 0 aliphatic rings. The summed E-state index contributed by atoms with van der Waals surface area (Å²) >= 11 is 1.54. The van der Waals surface area contributed by atoms with Gasteiger partial charge in [0.1, 0.15) is 5.76 Å². The first-order valence-corrected chi connectivity index (χ1v) is 11.5. The van der Waals surface area contributed by atoms with Crippen LogP contribution < -0.4 is 10.5 Å². The van der Waals surface area contributed by atoms with Crippen molar-refractivity contribution in [2.75, 3.05) is 5.32 Å². The van der Waals surface area contributed by atoms with Gasteiger partial charge in [0.2, 0.25) is 10.0 Å². The van der Waals surface area contributed by atoms with E-state index in [1.807, 2.05) is 32.0 Å². The molecule has 3 aromatic rings. The van der Waals surface area contributed by atoms with Gasteiger partial charge in [0.05, 0.1) is 17.0 Å². The SMILES string of the molecule is Cc1noc(C)c1CSc1ccccc1C(=O)Nc1ccc(CS(N)(=O)=O)cc1. The molecule has 0 fully saturated rings. The largest absolute Gasteiger partial charge is 0.361 e. The average molecular weight is 432 g/mol. The zero-order chi connectivity index (χ0) is 21.0. The molecule has 0 radical (unpaired) electrons. The molecule has 1 amide bonds. The van der Waals surface area contributed by atoms with Gasteiger partial charge in [-0.15, -0.1) is 11.8 Å². The number of carbonyl (C=O) groups is 1. The Morgan fingerprint density at radius 1 is 1.14 bits per heavy atom. The number of sulfonamides is 1. The lowest BCUT2D eigenvalue weighted by Gasteiger charge is -2.10. The predicted molar refractivity (Wildman–Crippen MR) is 113 cm³/mol. The fourth-order valence-corrected chi connectivity index (χ4v) is 4.61. The first-order chi connectivity index (χ1) is 13.7. The van der Waals surface area contributed by atoms with Crippen molar-refractivity contribution in [1.29, 1.82) is 0 Å². The van der Waals surface area contributed by atoms with Crippen molar-refractivity contribution in [3.05, 3.63) is 76.7 Å². The number of nitrogens with one attached hydrogen (secondary N) is 1. The van der Waals surface area contributed by atoms with Crippen molar-refractivity contribution in [2.45, 2.75) is 30.2 Å². The topological polar surface area (TPSA) is 115 Å². The van der Waals surface area contributed by atoms with Crippen LogP contribution in [-0.2, 0) is 21.5 Å². The van der Waals surface area contributed by atoms with Crippen LogP contribution in [0.15, 0.2) is 57.9 Å². The Bertz CT molecular complexity index is 1100. The fourth-order valence-electron chi connectivity index (χ4n) is 2.75. The molecule has 0 aliphatic carbocycles. The number of benzene rings is 2. The molecule has 0 saturated carbocycles. The number of nitrogens with two attached hydrogens (primary N) is 1. The zero-order valence-corrected chi connectivity index (χ0v) is 17.6. The Hall–Kier alpha value is -2.62. The van der Waals surface area contributed by atoms with Crippen molar-refractivity contribution in [3.63, 3.8) is 0 Å². The van der Waals surface area contributed by atoms with Gasteiger partial charge >= 0.3 is 0 Å². The maximum Gasteiger partial charge on any atom is 0.256 e. The Morgan fingerprint density at radius 3 is 2.45 bits per heavy atom. The van der Waals surface area contributed by atoms with Gasteiger partial charge in [-0.25, -0.2) is 13.6 Å². The van der Waals surface area contributed by atoms with Crippen LogP contribution in [0.1, 0.15) is 32.9 Å². The maximum absolute atomic E-state index is 12.8. The summed E-state index contributed by atoms with van der Waals surface area (Å²) in [5.41, 5.74) is 3.55. The van der Waals surface area contributed by atoms with Crippen molar-refractivity contribution in [3.8, 4) is 0 Å². The van der Waals surface area contributed by atoms with E-state index in [1.165, 1.54) is 11.8 Å². The highest BCUT2D eigenvalue weighted by molar-refractivity contribution is 7.98. The van der Waals surface area contributed by atoms with Crippen LogP contribution >= 0.6 is 11.8 Å². The summed E-state index contributed by atoms with van der Waals surface area (Å²) in [7, 11) is -3.59. The number of aryl methyl sites for hydroxylation is 2. The van der Waals surface area contributed by atoms with Gasteiger partial charge in [0.25, 0.3) is 5.91 Å². The number of anilines is 1. The molecule has 0 saturated heterocycles. The average Bonchev–Trinajstić information content (AvgIpc) is 2.98. The van der Waals surface area contributed by atoms with Gasteiger partial charge in [-0.3, -0.25) is 4.79 Å². The number of hydrogen-bond acceptors (Lipinski definition) is 6. The molecule has 1 aromatic heterocycles. The van der Waals surface area contributed by atoms with E-state index in [-0.39, 0.29) is 11.7 Å². The summed E-state index contributed by atoms with van der Waals surface area (Å²) in [6.07, 6.45) is 0. The van der Waals surface area contributed by atoms with Crippen LogP contribution in [0.5, 0.6) is 0 Å². The molecule has 152 valence electrons. The molecule has 0 aliphatic heterocycles. The van der Waals surface area contributed by atoms with Gasteiger partial charge < -0.3 is 9.84 Å². The van der Waals surface area contributed by atoms with Gasteiger partial charge in [-0.1, -0.05) is 29.4 Å². The van der Waals surface area contributed by atoms with Crippen molar-refractivity contribution in [1.82, 2.24) is 5.16 Å². The number of aromatic nitrogens is 1. The molecule has 7 nitrogen and oxygen atoms in total. The van der Waals surface area contributed by atoms with Crippen LogP contribution in [0.4, 0.5) is 5.69 Å². The highest BCUT2D eigenvalue weighted by atomic mass is 32.2. The van der Waals surface area contributed by atoms with Crippen molar-refractivity contribution in [2.24, 2.45) is 5.14 Å². The zero-order valence-electron chi connectivity index (χ0n) is 16.0. The Labute approximate surface area is 173 Å². The Morgan fingerprint density at radius 2 is 1.83 bits per heavy atom. The van der Waals surface area contributed by atoms with E-state index in [1.54, 1.807) is 30.3 Å². The first kappa shape index (κ1) is 21.1. The minimum absolute atomic E-state index is 0.244. The van der Waals surface area contributed by atoms with Crippen molar-refractivity contribution < 1.29 is 17.7 Å². The number of amides is 1. The molecule has 0 unspecified atom stereocenters. The summed E-state index contributed by atoms with van der Waals surface area (Å²) in [4.78, 5) is 13.6. The quantitative estimate of drug-likeness (QED) is 0.552. The number of carbonyl (C=O) groups excluding carboxylic acids is 1.